The van der Waals surface area contributed by atoms with Gasteiger partial charge in [0, 0.05) is 29.8 Å². The molecule has 0 aliphatic carbocycles. The minimum atomic E-state index is -0.0313. The van der Waals surface area contributed by atoms with E-state index in [-0.39, 0.29) is 11.5 Å². The van der Waals surface area contributed by atoms with Crippen molar-refractivity contribution in [1.29, 1.82) is 0 Å². The zero-order valence-corrected chi connectivity index (χ0v) is 14.1. The van der Waals surface area contributed by atoms with Gasteiger partial charge in [-0.25, -0.2) is 0 Å². The predicted octanol–water partition coefficient (Wildman–Crippen LogP) is 1.86. The number of amides is 1. The van der Waals surface area contributed by atoms with Gasteiger partial charge in [0.15, 0.2) is 0 Å². The Bertz CT molecular complexity index is 559. The lowest BCUT2D eigenvalue weighted by atomic mass is 9.73. The molecule has 3 saturated heterocycles. The van der Waals surface area contributed by atoms with Gasteiger partial charge >= 0.3 is 0 Å². The molecule has 0 aromatic carbocycles. The van der Waals surface area contributed by atoms with Gasteiger partial charge in [-0.3, -0.25) is 4.79 Å². The fourth-order valence-electron chi connectivity index (χ4n) is 4.72. The van der Waals surface area contributed by atoms with Crippen LogP contribution in [0.25, 0.3) is 0 Å². The molecule has 4 atom stereocenters. The Balaban J connectivity index is 1.47. The van der Waals surface area contributed by atoms with E-state index in [1.54, 1.807) is 11.3 Å². The molecular formula is C17H24N2O2S. The van der Waals surface area contributed by atoms with Gasteiger partial charge in [0.2, 0.25) is 5.91 Å². The van der Waals surface area contributed by atoms with Gasteiger partial charge in [0.25, 0.3) is 0 Å². The Morgan fingerprint density at radius 3 is 3.14 bits per heavy atom. The molecule has 1 aromatic heterocycles. The summed E-state index contributed by atoms with van der Waals surface area (Å²) in [6.07, 6.45) is 3.26. The number of rotatable bonds is 4. The van der Waals surface area contributed by atoms with Crippen LogP contribution in [-0.2, 0) is 16.0 Å². The molecule has 5 heteroatoms. The third-order valence-corrected chi connectivity index (χ3v) is 6.49. The van der Waals surface area contributed by atoms with E-state index in [4.69, 9.17) is 4.74 Å². The standard InChI is InChI=1S/C17H24N2O2S/c1-18(2)9-13-14-10-19(11-17(14)6-5-15(13)21-17)16(20)8-12-4-3-7-22-12/h3-4,7,13-15H,5-6,8-11H2,1-2H3/t13-,14+,15+,17+/m0/s1. The Labute approximate surface area is 136 Å². The van der Waals surface area contributed by atoms with Crippen molar-refractivity contribution in [2.75, 3.05) is 33.7 Å². The second kappa shape index (κ2) is 5.32. The highest BCUT2D eigenvalue weighted by molar-refractivity contribution is 7.10. The van der Waals surface area contributed by atoms with E-state index in [1.807, 2.05) is 11.4 Å². The number of ether oxygens (including phenoxy) is 1. The molecule has 4 nitrogen and oxygen atoms in total. The molecule has 2 bridgehead atoms. The SMILES string of the molecule is CN(C)C[C@H]1[C@H]2CN(C(=O)Cc3cccs3)C[C@]23CC[C@H]1O3. The number of hydrogen-bond donors (Lipinski definition) is 0. The molecule has 3 aliphatic rings. The first-order valence-corrected chi connectivity index (χ1v) is 9.08. The average molecular weight is 320 g/mol. The van der Waals surface area contributed by atoms with Crippen LogP contribution in [0.1, 0.15) is 17.7 Å². The van der Waals surface area contributed by atoms with Crippen LogP contribution in [0.15, 0.2) is 17.5 Å². The van der Waals surface area contributed by atoms with E-state index in [0.717, 1.165) is 30.9 Å². The first-order valence-electron chi connectivity index (χ1n) is 8.20. The lowest BCUT2D eigenvalue weighted by molar-refractivity contribution is -0.131. The zero-order valence-electron chi connectivity index (χ0n) is 13.3. The molecule has 4 heterocycles. The van der Waals surface area contributed by atoms with Crippen LogP contribution in [0.2, 0.25) is 0 Å². The van der Waals surface area contributed by atoms with E-state index >= 15 is 0 Å². The number of thiophene rings is 1. The highest BCUT2D eigenvalue weighted by Gasteiger charge is 2.63. The number of carbonyl (C=O) groups is 1. The number of nitrogens with zero attached hydrogens (tertiary/aromatic N) is 2. The molecule has 3 fully saturated rings. The van der Waals surface area contributed by atoms with Crippen molar-refractivity contribution in [3.8, 4) is 0 Å². The van der Waals surface area contributed by atoms with Crippen LogP contribution in [0.4, 0.5) is 0 Å². The van der Waals surface area contributed by atoms with E-state index in [2.05, 4.69) is 30.0 Å². The molecule has 22 heavy (non-hydrogen) atoms. The average Bonchev–Trinajstić information content (AvgIpc) is 3.19. The topological polar surface area (TPSA) is 32.8 Å². The van der Waals surface area contributed by atoms with E-state index in [9.17, 15) is 4.79 Å². The summed E-state index contributed by atoms with van der Waals surface area (Å²) in [4.78, 5) is 18.1. The van der Waals surface area contributed by atoms with Crippen LogP contribution in [0.3, 0.4) is 0 Å². The van der Waals surface area contributed by atoms with Crippen molar-refractivity contribution in [2.45, 2.75) is 31.0 Å². The number of hydrogen-bond acceptors (Lipinski definition) is 4. The maximum absolute atomic E-state index is 12.6. The third kappa shape index (κ3) is 2.30. The van der Waals surface area contributed by atoms with E-state index in [0.29, 0.717) is 24.4 Å². The Kier molecular flexibility index (Phi) is 3.55. The van der Waals surface area contributed by atoms with Gasteiger partial charge < -0.3 is 14.5 Å². The fourth-order valence-corrected chi connectivity index (χ4v) is 5.42. The summed E-state index contributed by atoms with van der Waals surface area (Å²) >= 11 is 1.67. The van der Waals surface area contributed by atoms with Crippen molar-refractivity contribution in [1.82, 2.24) is 9.80 Å². The van der Waals surface area contributed by atoms with Crippen molar-refractivity contribution in [3.63, 3.8) is 0 Å². The zero-order chi connectivity index (χ0) is 15.3. The normalized spacial score (nSPS) is 36.3. The second-order valence-corrected chi connectivity index (χ2v) is 8.35. The summed E-state index contributed by atoms with van der Waals surface area (Å²) < 4.78 is 6.39. The largest absolute Gasteiger partial charge is 0.369 e. The molecular weight excluding hydrogens is 296 g/mol. The first kappa shape index (κ1) is 14.7. The highest BCUT2D eigenvalue weighted by Crippen LogP contribution is 2.54. The fraction of sp³-hybridized carbons (Fsp3) is 0.706. The Hall–Kier alpha value is -0.910. The van der Waals surface area contributed by atoms with Crippen LogP contribution in [0.5, 0.6) is 0 Å². The van der Waals surface area contributed by atoms with E-state index in [1.165, 1.54) is 6.42 Å². The van der Waals surface area contributed by atoms with Crippen molar-refractivity contribution < 1.29 is 9.53 Å². The van der Waals surface area contributed by atoms with E-state index < -0.39 is 0 Å². The minimum absolute atomic E-state index is 0.0313. The molecule has 0 radical (unpaired) electrons. The summed E-state index contributed by atoms with van der Waals surface area (Å²) in [5.74, 6) is 1.38. The van der Waals surface area contributed by atoms with Crippen molar-refractivity contribution in [3.05, 3.63) is 22.4 Å². The monoisotopic (exact) mass is 320 g/mol. The highest BCUT2D eigenvalue weighted by atomic mass is 32.1. The van der Waals surface area contributed by atoms with Crippen LogP contribution in [0, 0.1) is 11.8 Å². The quantitative estimate of drug-likeness (QED) is 0.849. The maximum atomic E-state index is 12.6. The number of likely N-dealkylation sites (tertiary alicyclic amines) is 1. The smallest absolute Gasteiger partial charge is 0.227 e. The molecule has 1 aromatic rings. The number of fused-ring (bicyclic) bond motifs is 1. The molecule has 4 rings (SSSR count). The van der Waals surface area contributed by atoms with Gasteiger partial charge in [-0.1, -0.05) is 6.07 Å². The molecule has 0 saturated carbocycles. The van der Waals surface area contributed by atoms with Gasteiger partial charge in [-0.05, 0) is 38.4 Å². The lowest BCUT2D eigenvalue weighted by Crippen LogP contribution is -2.40. The van der Waals surface area contributed by atoms with Gasteiger partial charge in [-0.15, -0.1) is 11.3 Å². The third-order valence-electron chi connectivity index (χ3n) is 5.62. The van der Waals surface area contributed by atoms with Crippen LogP contribution < -0.4 is 0 Å². The number of carbonyl (C=O) groups excluding carboxylic acids is 1. The van der Waals surface area contributed by atoms with Crippen LogP contribution >= 0.6 is 11.3 Å². The first-order chi connectivity index (χ1) is 10.6. The van der Waals surface area contributed by atoms with Crippen molar-refractivity contribution >= 4 is 17.2 Å². The van der Waals surface area contributed by atoms with Crippen molar-refractivity contribution in [2.24, 2.45) is 11.8 Å². The summed E-state index contributed by atoms with van der Waals surface area (Å²) in [7, 11) is 4.26. The van der Waals surface area contributed by atoms with Gasteiger partial charge in [0.05, 0.1) is 24.7 Å². The molecule has 120 valence electrons. The molecule has 3 aliphatic heterocycles. The second-order valence-electron chi connectivity index (χ2n) is 7.32. The molecule has 0 N–H and O–H groups in total. The van der Waals surface area contributed by atoms with Gasteiger partial charge in [0.1, 0.15) is 0 Å². The van der Waals surface area contributed by atoms with Gasteiger partial charge in [-0.2, -0.15) is 0 Å². The minimum Gasteiger partial charge on any atom is -0.369 e. The Morgan fingerprint density at radius 1 is 1.55 bits per heavy atom. The Morgan fingerprint density at radius 2 is 2.41 bits per heavy atom. The molecule has 1 amide bonds. The molecule has 0 unspecified atom stereocenters. The summed E-state index contributed by atoms with van der Waals surface area (Å²) in [6, 6.07) is 4.07. The summed E-state index contributed by atoms with van der Waals surface area (Å²) in [5, 5.41) is 2.04. The predicted molar refractivity (Wildman–Crippen MR) is 87.0 cm³/mol. The molecule has 1 spiro atoms. The van der Waals surface area contributed by atoms with Crippen LogP contribution in [-0.4, -0.2) is 61.1 Å². The summed E-state index contributed by atoms with van der Waals surface area (Å²) in [5.41, 5.74) is -0.0313. The maximum Gasteiger partial charge on any atom is 0.227 e. The summed E-state index contributed by atoms with van der Waals surface area (Å²) in [6.45, 7) is 2.77. The lowest BCUT2D eigenvalue weighted by Gasteiger charge is -2.30.